The quantitative estimate of drug-likeness (QED) is 0.668. The molecule has 16 heavy (non-hydrogen) atoms. The van der Waals surface area contributed by atoms with E-state index in [2.05, 4.69) is 26.5 Å². The largest absolute Gasteiger partial charge is 0.386 e. The summed E-state index contributed by atoms with van der Waals surface area (Å²) < 4.78 is 0. The first kappa shape index (κ1) is 11.9. The smallest absolute Gasteiger partial charge is 0.0802 e. The van der Waals surface area contributed by atoms with Crippen LogP contribution in [0.25, 0.3) is 0 Å². The number of aliphatic hydroxyl groups is 1. The first-order chi connectivity index (χ1) is 7.41. The van der Waals surface area contributed by atoms with E-state index < -0.39 is 5.60 Å². The van der Waals surface area contributed by atoms with Crippen molar-refractivity contribution >= 4 is 0 Å². The fourth-order valence-corrected chi connectivity index (χ4v) is 3.34. The van der Waals surface area contributed by atoms with Gasteiger partial charge in [0.25, 0.3) is 0 Å². The molecule has 1 saturated carbocycles. The van der Waals surface area contributed by atoms with Crippen LogP contribution in [0.3, 0.4) is 0 Å². The third kappa shape index (κ3) is 2.10. The summed E-state index contributed by atoms with van der Waals surface area (Å²) in [6.45, 7) is 10.7. The Labute approximate surface area is 99.3 Å². The molecule has 1 fully saturated rings. The van der Waals surface area contributed by atoms with Crippen molar-refractivity contribution in [3.63, 3.8) is 0 Å². The summed E-state index contributed by atoms with van der Waals surface area (Å²) in [6, 6.07) is 0. The Bertz CT molecular complexity index is 322. The molecule has 0 aromatic rings. The molecule has 0 bridgehead atoms. The van der Waals surface area contributed by atoms with Crippen LogP contribution in [0, 0.1) is 17.8 Å². The molecule has 0 aromatic heterocycles. The van der Waals surface area contributed by atoms with E-state index in [1.807, 2.05) is 6.92 Å². The summed E-state index contributed by atoms with van der Waals surface area (Å²) in [5, 5.41) is 10.2. The van der Waals surface area contributed by atoms with Gasteiger partial charge in [-0.2, -0.15) is 0 Å². The second-order valence-electron chi connectivity index (χ2n) is 6.14. The average molecular weight is 220 g/mol. The zero-order valence-corrected chi connectivity index (χ0v) is 10.8. The maximum absolute atomic E-state index is 10.2. The van der Waals surface area contributed by atoms with E-state index in [1.54, 1.807) is 0 Å². The maximum Gasteiger partial charge on any atom is 0.0802 e. The number of rotatable bonds is 1. The van der Waals surface area contributed by atoms with E-state index in [9.17, 15) is 5.11 Å². The molecule has 1 nitrogen and oxygen atoms in total. The Kier molecular flexibility index (Phi) is 3.00. The van der Waals surface area contributed by atoms with Crippen molar-refractivity contribution in [2.75, 3.05) is 0 Å². The maximum atomic E-state index is 10.2. The highest BCUT2D eigenvalue weighted by Gasteiger charge is 2.37. The molecule has 0 aromatic carbocycles. The zero-order valence-electron chi connectivity index (χ0n) is 10.8. The van der Waals surface area contributed by atoms with Gasteiger partial charge in [-0.05, 0) is 44.4 Å². The molecule has 0 radical (unpaired) electrons. The van der Waals surface area contributed by atoms with Crippen LogP contribution in [-0.2, 0) is 0 Å². The van der Waals surface area contributed by atoms with Gasteiger partial charge in [-0.3, -0.25) is 0 Å². The lowest BCUT2D eigenvalue weighted by molar-refractivity contribution is 0.0822. The highest BCUT2D eigenvalue weighted by molar-refractivity contribution is 5.31. The topological polar surface area (TPSA) is 20.2 Å². The Morgan fingerprint density at radius 3 is 2.75 bits per heavy atom. The summed E-state index contributed by atoms with van der Waals surface area (Å²) in [5.41, 5.74) is 2.28. The minimum absolute atomic E-state index is 0.557. The summed E-state index contributed by atoms with van der Waals surface area (Å²) in [6.07, 6.45) is 6.49. The zero-order chi connectivity index (χ0) is 11.9. The summed E-state index contributed by atoms with van der Waals surface area (Å²) >= 11 is 0. The molecule has 2 aliphatic carbocycles. The molecule has 3 atom stereocenters. The lowest BCUT2D eigenvalue weighted by Crippen LogP contribution is -2.34. The second kappa shape index (κ2) is 4.03. The molecule has 2 rings (SSSR count). The molecular weight excluding hydrogens is 196 g/mol. The van der Waals surface area contributed by atoms with Gasteiger partial charge in [0.15, 0.2) is 0 Å². The standard InChI is InChI=1S/C15H24O/c1-10(2)12-6-5-11(3)13-7-8-15(4,16)9-14(12)13/h9-10,12-13,16H,3,5-8H2,1-2,4H3/t12-,13+,15-/m0/s1. The van der Waals surface area contributed by atoms with Crippen LogP contribution in [0.4, 0.5) is 0 Å². The number of hydrogen-bond donors (Lipinski definition) is 1. The molecule has 0 aliphatic heterocycles. The molecule has 0 saturated heterocycles. The minimum Gasteiger partial charge on any atom is -0.386 e. The van der Waals surface area contributed by atoms with Gasteiger partial charge >= 0.3 is 0 Å². The van der Waals surface area contributed by atoms with Crippen molar-refractivity contribution in [2.24, 2.45) is 17.8 Å². The summed E-state index contributed by atoms with van der Waals surface area (Å²) in [5.74, 6) is 1.89. The number of hydrogen-bond acceptors (Lipinski definition) is 1. The van der Waals surface area contributed by atoms with Crippen molar-refractivity contribution in [1.82, 2.24) is 0 Å². The van der Waals surface area contributed by atoms with E-state index in [1.165, 1.54) is 24.0 Å². The van der Waals surface area contributed by atoms with E-state index in [0.717, 1.165) is 12.8 Å². The molecule has 2 aliphatic rings. The van der Waals surface area contributed by atoms with Gasteiger partial charge in [-0.1, -0.05) is 37.6 Å². The fraction of sp³-hybridized carbons (Fsp3) is 0.733. The van der Waals surface area contributed by atoms with Gasteiger partial charge in [0, 0.05) is 5.92 Å². The average Bonchev–Trinajstić information content (AvgIpc) is 2.15. The highest BCUT2D eigenvalue weighted by Crippen LogP contribution is 2.47. The SMILES string of the molecule is C=C1CC[C@@H](C(C)C)C2=C[C@@](C)(O)CC[C@H]12. The van der Waals surface area contributed by atoms with Crippen molar-refractivity contribution in [2.45, 2.75) is 52.1 Å². The Morgan fingerprint density at radius 2 is 2.12 bits per heavy atom. The van der Waals surface area contributed by atoms with Crippen molar-refractivity contribution in [1.29, 1.82) is 0 Å². The van der Waals surface area contributed by atoms with Crippen LogP contribution >= 0.6 is 0 Å². The highest BCUT2D eigenvalue weighted by atomic mass is 16.3. The van der Waals surface area contributed by atoms with E-state index in [0.29, 0.717) is 17.8 Å². The fourth-order valence-electron chi connectivity index (χ4n) is 3.34. The van der Waals surface area contributed by atoms with Crippen LogP contribution in [0.1, 0.15) is 46.5 Å². The number of fused-ring (bicyclic) bond motifs is 1. The molecule has 1 N–H and O–H groups in total. The summed E-state index contributed by atoms with van der Waals surface area (Å²) in [4.78, 5) is 0. The first-order valence-electron chi connectivity index (χ1n) is 6.53. The predicted molar refractivity (Wildman–Crippen MR) is 68.1 cm³/mol. The molecule has 0 heterocycles. The molecule has 90 valence electrons. The molecule has 0 amide bonds. The van der Waals surface area contributed by atoms with Gasteiger partial charge in [-0.25, -0.2) is 0 Å². The Morgan fingerprint density at radius 1 is 1.44 bits per heavy atom. The predicted octanol–water partition coefficient (Wildman–Crippen LogP) is 3.70. The molecular formula is C15H24O. The van der Waals surface area contributed by atoms with Gasteiger partial charge in [-0.15, -0.1) is 0 Å². The lowest BCUT2D eigenvalue weighted by atomic mass is 9.64. The van der Waals surface area contributed by atoms with Gasteiger partial charge in [0.2, 0.25) is 0 Å². The summed E-state index contributed by atoms with van der Waals surface area (Å²) in [7, 11) is 0. The Balaban J connectivity index is 2.34. The van der Waals surface area contributed by atoms with Crippen molar-refractivity contribution in [3.05, 3.63) is 23.8 Å². The van der Waals surface area contributed by atoms with Crippen molar-refractivity contribution in [3.8, 4) is 0 Å². The molecule has 1 heteroatoms. The Hall–Kier alpha value is -0.560. The van der Waals surface area contributed by atoms with Crippen LogP contribution in [0.5, 0.6) is 0 Å². The van der Waals surface area contributed by atoms with Crippen LogP contribution in [0.2, 0.25) is 0 Å². The minimum atomic E-state index is -0.587. The lowest BCUT2D eigenvalue weighted by Gasteiger charge is -2.42. The van der Waals surface area contributed by atoms with E-state index in [-0.39, 0.29) is 0 Å². The van der Waals surface area contributed by atoms with Gasteiger partial charge < -0.3 is 5.11 Å². The normalized spacial score (nSPS) is 39.6. The molecule has 0 unspecified atom stereocenters. The second-order valence-corrected chi connectivity index (χ2v) is 6.14. The van der Waals surface area contributed by atoms with Crippen LogP contribution in [0.15, 0.2) is 23.8 Å². The van der Waals surface area contributed by atoms with Gasteiger partial charge in [0.1, 0.15) is 0 Å². The molecule has 0 spiro atoms. The number of allylic oxidation sites excluding steroid dienone is 2. The van der Waals surface area contributed by atoms with Crippen molar-refractivity contribution < 1.29 is 5.11 Å². The van der Waals surface area contributed by atoms with E-state index in [4.69, 9.17) is 0 Å². The van der Waals surface area contributed by atoms with E-state index >= 15 is 0 Å². The van der Waals surface area contributed by atoms with Crippen LogP contribution in [-0.4, -0.2) is 10.7 Å². The monoisotopic (exact) mass is 220 g/mol. The third-order valence-corrected chi connectivity index (χ3v) is 4.32. The first-order valence-corrected chi connectivity index (χ1v) is 6.53. The van der Waals surface area contributed by atoms with Gasteiger partial charge in [0.05, 0.1) is 5.60 Å². The van der Waals surface area contributed by atoms with Crippen LogP contribution < -0.4 is 0 Å². The third-order valence-electron chi connectivity index (χ3n) is 4.32.